The zero-order chi connectivity index (χ0) is 9.26. The van der Waals surface area contributed by atoms with Gasteiger partial charge in [-0.05, 0) is 36.7 Å². The van der Waals surface area contributed by atoms with Crippen molar-refractivity contribution in [2.45, 2.75) is 33.1 Å². The van der Waals surface area contributed by atoms with Crippen LogP contribution in [0.15, 0.2) is 35.5 Å². The Labute approximate surface area is 81.0 Å². The van der Waals surface area contributed by atoms with Crippen molar-refractivity contribution < 1.29 is 0 Å². The zero-order valence-electron chi connectivity index (χ0n) is 8.59. The average molecular weight is 174 g/mol. The first-order chi connectivity index (χ1) is 6.27. The fraction of sp³-hybridized carbons (Fsp3) is 0.538. The van der Waals surface area contributed by atoms with Crippen LogP contribution in [0.1, 0.15) is 33.1 Å². The second kappa shape index (κ2) is 3.53. The number of hydrogen-bond acceptors (Lipinski definition) is 0. The van der Waals surface area contributed by atoms with E-state index in [0.717, 1.165) is 11.8 Å². The molecule has 70 valence electrons. The Hall–Kier alpha value is -0.780. The van der Waals surface area contributed by atoms with Crippen molar-refractivity contribution in [3.8, 4) is 0 Å². The predicted octanol–water partition coefficient (Wildman–Crippen LogP) is 3.87. The molecule has 0 N–H and O–H groups in total. The Morgan fingerprint density at radius 1 is 1.31 bits per heavy atom. The van der Waals surface area contributed by atoms with E-state index in [1.54, 1.807) is 11.1 Å². The molecule has 0 aliphatic heterocycles. The van der Waals surface area contributed by atoms with Crippen molar-refractivity contribution >= 4 is 0 Å². The third kappa shape index (κ3) is 1.77. The first-order valence-electron chi connectivity index (χ1n) is 5.34. The topological polar surface area (TPSA) is 0 Å². The van der Waals surface area contributed by atoms with Gasteiger partial charge in [-0.25, -0.2) is 0 Å². The Morgan fingerprint density at radius 2 is 2.15 bits per heavy atom. The van der Waals surface area contributed by atoms with Crippen molar-refractivity contribution in [2.75, 3.05) is 0 Å². The van der Waals surface area contributed by atoms with Crippen LogP contribution in [0.5, 0.6) is 0 Å². The molecule has 2 aliphatic rings. The number of rotatable bonds is 1. The van der Waals surface area contributed by atoms with E-state index < -0.39 is 0 Å². The summed E-state index contributed by atoms with van der Waals surface area (Å²) in [5.74, 6) is 1.55. The van der Waals surface area contributed by atoms with Crippen molar-refractivity contribution in [1.82, 2.24) is 0 Å². The SMILES string of the molecule is CC(C)C1=CC=C2C=CCCC2C1. The molecule has 13 heavy (non-hydrogen) atoms. The van der Waals surface area contributed by atoms with Crippen LogP contribution in [-0.2, 0) is 0 Å². The van der Waals surface area contributed by atoms with Gasteiger partial charge in [0.15, 0.2) is 0 Å². The number of hydrogen-bond donors (Lipinski definition) is 0. The minimum Gasteiger partial charge on any atom is -0.0842 e. The van der Waals surface area contributed by atoms with E-state index >= 15 is 0 Å². The largest absolute Gasteiger partial charge is 0.0842 e. The van der Waals surface area contributed by atoms with Gasteiger partial charge in [-0.3, -0.25) is 0 Å². The molecule has 0 nitrogen and oxygen atoms in total. The Bertz CT molecular complexity index is 276. The van der Waals surface area contributed by atoms with Gasteiger partial charge in [0, 0.05) is 0 Å². The highest BCUT2D eigenvalue weighted by Gasteiger charge is 2.20. The molecule has 0 saturated carbocycles. The van der Waals surface area contributed by atoms with Crippen LogP contribution in [0, 0.1) is 11.8 Å². The molecule has 1 unspecified atom stereocenters. The van der Waals surface area contributed by atoms with Crippen LogP contribution in [0.2, 0.25) is 0 Å². The normalized spacial score (nSPS) is 26.8. The van der Waals surface area contributed by atoms with Crippen LogP contribution in [0.3, 0.4) is 0 Å². The summed E-state index contributed by atoms with van der Waals surface area (Å²) in [5.41, 5.74) is 3.18. The van der Waals surface area contributed by atoms with Gasteiger partial charge in [0.1, 0.15) is 0 Å². The molecule has 0 aromatic carbocycles. The summed E-state index contributed by atoms with van der Waals surface area (Å²) in [6.45, 7) is 4.59. The quantitative estimate of drug-likeness (QED) is 0.566. The molecule has 0 heterocycles. The van der Waals surface area contributed by atoms with Gasteiger partial charge in [-0.2, -0.15) is 0 Å². The molecule has 1 atom stereocenters. The minimum atomic E-state index is 0.726. The number of fused-ring (bicyclic) bond motifs is 1. The maximum Gasteiger partial charge on any atom is -0.0122 e. The van der Waals surface area contributed by atoms with E-state index in [9.17, 15) is 0 Å². The molecule has 0 aromatic heterocycles. The molecule has 0 amide bonds. The highest BCUT2D eigenvalue weighted by molar-refractivity contribution is 5.35. The van der Waals surface area contributed by atoms with Gasteiger partial charge in [-0.15, -0.1) is 0 Å². The second-order valence-corrected chi connectivity index (χ2v) is 4.44. The van der Waals surface area contributed by atoms with Gasteiger partial charge in [0.25, 0.3) is 0 Å². The van der Waals surface area contributed by atoms with Gasteiger partial charge >= 0.3 is 0 Å². The van der Waals surface area contributed by atoms with E-state index in [1.807, 2.05) is 0 Å². The van der Waals surface area contributed by atoms with E-state index in [1.165, 1.54) is 19.3 Å². The predicted molar refractivity (Wildman–Crippen MR) is 57.5 cm³/mol. The first kappa shape index (κ1) is 8.80. The fourth-order valence-electron chi connectivity index (χ4n) is 2.22. The first-order valence-corrected chi connectivity index (χ1v) is 5.34. The molecule has 0 fully saturated rings. The van der Waals surface area contributed by atoms with Crippen LogP contribution >= 0.6 is 0 Å². The number of allylic oxidation sites excluding steroid dienone is 6. The highest BCUT2D eigenvalue weighted by atomic mass is 14.2. The minimum absolute atomic E-state index is 0.726. The van der Waals surface area contributed by atoms with E-state index in [4.69, 9.17) is 0 Å². The summed E-state index contributed by atoms with van der Waals surface area (Å²) in [5, 5.41) is 0. The standard InChI is InChI=1S/C13H18/c1-10(2)12-8-7-11-5-3-4-6-13(11)9-12/h3,5,7-8,10,13H,4,6,9H2,1-2H3. The molecule has 2 aliphatic carbocycles. The molecule has 0 saturated heterocycles. The lowest BCUT2D eigenvalue weighted by Crippen LogP contribution is -2.12. The summed E-state index contributed by atoms with van der Waals surface area (Å²) >= 11 is 0. The molecule has 0 bridgehead atoms. The summed E-state index contributed by atoms with van der Waals surface area (Å²) in [6, 6.07) is 0. The van der Waals surface area contributed by atoms with Crippen molar-refractivity contribution in [1.29, 1.82) is 0 Å². The van der Waals surface area contributed by atoms with E-state index in [0.29, 0.717) is 0 Å². The maximum atomic E-state index is 2.33. The summed E-state index contributed by atoms with van der Waals surface area (Å²) < 4.78 is 0. The van der Waals surface area contributed by atoms with Crippen molar-refractivity contribution in [2.24, 2.45) is 11.8 Å². The van der Waals surface area contributed by atoms with Crippen LogP contribution in [0.25, 0.3) is 0 Å². The molecular formula is C13H18. The Balaban J connectivity index is 2.20. The second-order valence-electron chi connectivity index (χ2n) is 4.44. The zero-order valence-corrected chi connectivity index (χ0v) is 8.59. The lowest BCUT2D eigenvalue weighted by atomic mass is 9.78. The highest BCUT2D eigenvalue weighted by Crippen LogP contribution is 2.35. The summed E-state index contributed by atoms with van der Waals surface area (Å²) in [7, 11) is 0. The molecule has 0 radical (unpaired) electrons. The van der Waals surface area contributed by atoms with Crippen LogP contribution < -0.4 is 0 Å². The van der Waals surface area contributed by atoms with E-state index in [-0.39, 0.29) is 0 Å². The fourth-order valence-corrected chi connectivity index (χ4v) is 2.22. The van der Waals surface area contributed by atoms with E-state index in [2.05, 4.69) is 38.2 Å². The van der Waals surface area contributed by atoms with Crippen molar-refractivity contribution in [3.05, 3.63) is 35.5 Å². The van der Waals surface area contributed by atoms with Crippen LogP contribution in [0.4, 0.5) is 0 Å². The maximum absolute atomic E-state index is 2.33. The van der Waals surface area contributed by atoms with Gasteiger partial charge in [0.05, 0.1) is 0 Å². The average Bonchev–Trinajstić information content (AvgIpc) is 2.17. The Kier molecular flexibility index (Phi) is 2.39. The van der Waals surface area contributed by atoms with Gasteiger partial charge in [-0.1, -0.05) is 43.7 Å². The van der Waals surface area contributed by atoms with Gasteiger partial charge in [0.2, 0.25) is 0 Å². The molecule has 2 rings (SSSR count). The molecular weight excluding hydrogens is 156 g/mol. The lowest BCUT2D eigenvalue weighted by molar-refractivity contribution is 0.522. The molecule has 0 spiro atoms. The molecule has 0 aromatic rings. The third-order valence-electron chi connectivity index (χ3n) is 3.18. The smallest absolute Gasteiger partial charge is 0.0122 e. The Morgan fingerprint density at radius 3 is 2.92 bits per heavy atom. The van der Waals surface area contributed by atoms with Crippen LogP contribution in [-0.4, -0.2) is 0 Å². The summed E-state index contributed by atoms with van der Waals surface area (Å²) in [4.78, 5) is 0. The lowest BCUT2D eigenvalue weighted by Gasteiger charge is -2.27. The van der Waals surface area contributed by atoms with Gasteiger partial charge < -0.3 is 0 Å². The summed E-state index contributed by atoms with van der Waals surface area (Å²) in [6.07, 6.45) is 13.2. The van der Waals surface area contributed by atoms with Crippen molar-refractivity contribution in [3.63, 3.8) is 0 Å². The molecule has 0 heteroatoms. The third-order valence-corrected chi connectivity index (χ3v) is 3.18. The monoisotopic (exact) mass is 174 g/mol.